The Hall–Kier alpha value is -5.19. The molecule has 0 bridgehead atoms. The Balaban J connectivity index is 1.56. The molecule has 0 spiro atoms. The van der Waals surface area contributed by atoms with Crippen LogP contribution in [0.4, 0.5) is 17.1 Å². The number of carbonyl (C=O) groups excluding carboxylic acids is 1. The summed E-state index contributed by atoms with van der Waals surface area (Å²) < 4.78 is 4.91. The van der Waals surface area contributed by atoms with Crippen molar-refractivity contribution in [2.24, 2.45) is 0 Å². The van der Waals surface area contributed by atoms with Gasteiger partial charge in [-0.25, -0.2) is 4.79 Å². The standard InChI is InChI=1S/C28H25N5O6/c1-39-28(34)26(31-25-12-11-22(32(35)36)18-27(25)33(37)38)10-6-7-19-15-20(23-8-2-4-13-29-23)17-21(16-19)24-9-3-5-14-30-24/h2-5,8-9,11-18,26,31H,6-7,10H2,1H3/t26-/m0/s1. The van der Waals surface area contributed by atoms with E-state index in [2.05, 4.69) is 15.3 Å². The van der Waals surface area contributed by atoms with Crippen LogP contribution in [-0.2, 0) is 16.0 Å². The molecule has 4 rings (SSSR count). The van der Waals surface area contributed by atoms with Gasteiger partial charge in [0.2, 0.25) is 0 Å². The van der Waals surface area contributed by atoms with Crippen LogP contribution >= 0.6 is 0 Å². The third-order valence-electron chi connectivity index (χ3n) is 6.08. The van der Waals surface area contributed by atoms with Crippen molar-refractivity contribution in [3.63, 3.8) is 0 Å². The lowest BCUT2D eigenvalue weighted by Crippen LogP contribution is -2.31. The Labute approximate surface area is 223 Å². The van der Waals surface area contributed by atoms with Crippen LogP contribution in [0.5, 0.6) is 0 Å². The fraction of sp³-hybridized carbons (Fsp3) is 0.179. The van der Waals surface area contributed by atoms with Gasteiger partial charge in [0.15, 0.2) is 0 Å². The van der Waals surface area contributed by atoms with Crippen molar-refractivity contribution in [1.29, 1.82) is 0 Å². The van der Waals surface area contributed by atoms with E-state index in [1.165, 1.54) is 13.2 Å². The Morgan fingerprint density at radius 1 is 0.897 bits per heavy atom. The van der Waals surface area contributed by atoms with Crippen LogP contribution in [0.25, 0.3) is 22.5 Å². The summed E-state index contributed by atoms with van der Waals surface area (Å²) in [7, 11) is 1.23. The average Bonchev–Trinajstić information content (AvgIpc) is 2.97. The first-order valence-corrected chi connectivity index (χ1v) is 12.1. The summed E-state index contributed by atoms with van der Waals surface area (Å²) in [4.78, 5) is 42.6. The maximum Gasteiger partial charge on any atom is 0.328 e. The third-order valence-corrected chi connectivity index (χ3v) is 6.08. The SMILES string of the molecule is COC(=O)[C@H](CCCc1cc(-c2ccccn2)cc(-c2ccccn2)c1)Nc1ccc([N+](=O)[O-])cc1[N+](=O)[O-]. The maximum absolute atomic E-state index is 12.5. The number of nitro benzene ring substituents is 2. The van der Waals surface area contributed by atoms with Crippen molar-refractivity contribution in [1.82, 2.24) is 9.97 Å². The van der Waals surface area contributed by atoms with Crippen molar-refractivity contribution in [3.05, 3.63) is 111 Å². The van der Waals surface area contributed by atoms with Crippen molar-refractivity contribution < 1.29 is 19.4 Å². The molecule has 0 fully saturated rings. The van der Waals surface area contributed by atoms with Gasteiger partial charge in [-0.3, -0.25) is 30.2 Å². The number of pyridine rings is 2. The molecular weight excluding hydrogens is 502 g/mol. The number of ether oxygens (including phenoxy) is 1. The number of rotatable bonds is 11. The zero-order valence-electron chi connectivity index (χ0n) is 21.0. The molecule has 0 aliphatic carbocycles. The number of nitrogens with one attached hydrogen (secondary N) is 1. The number of esters is 1. The predicted molar refractivity (Wildman–Crippen MR) is 145 cm³/mol. The third kappa shape index (κ3) is 6.77. The van der Waals surface area contributed by atoms with Crippen LogP contribution < -0.4 is 5.32 Å². The predicted octanol–water partition coefficient (Wildman–Crippen LogP) is 5.60. The second kappa shape index (κ2) is 12.4. The topological polar surface area (TPSA) is 150 Å². The lowest BCUT2D eigenvalue weighted by Gasteiger charge is -2.18. The molecule has 1 N–H and O–H groups in total. The summed E-state index contributed by atoms with van der Waals surface area (Å²) in [6.07, 6.45) is 4.89. The number of nitro groups is 2. The summed E-state index contributed by atoms with van der Waals surface area (Å²) in [5.41, 5.74) is 3.57. The molecule has 198 valence electrons. The van der Waals surface area contributed by atoms with Crippen molar-refractivity contribution in [2.45, 2.75) is 25.3 Å². The molecule has 0 aliphatic heterocycles. The van der Waals surface area contributed by atoms with Crippen LogP contribution in [-0.4, -0.2) is 38.9 Å². The lowest BCUT2D eigenvalue weighted by atomic mass is 9.97. The minimum atomic E-state index is -0.899. The summed E-state index contributed by atoms with van der Waals surface area (Å²) in [5, 5.41) is 25.4. The van der Waals surface area contributed by atoms with Crippen molar-refractivity contribution >= 4 is 23.0 Å². The van der Waals surface area contributed by atoms with Gasteiger partial charge in [-0.05, 0) is 73.4 Å². The number of nitrogens with zero attached hydrogens (tertiary/aromatic N) is 4. The minimum absolute atomic E-state index is 0.00409. The van der Waals surface area contributed by atoms with Crippen LogP contribution in [0.3, 0.4) is 0 Å². The second-order valence-corrected chi connectivity index (χ2v) is 8.68. The Bertz CT molecular complexity index is 1420. The molecule has 2 aromatic heterocycles. The van der Waals surface area contributed by atoms with Crippen LogP contribution in [0.15, 0.2) is 85.2 Å². The highest BCUT2D eigenvalue weighted by Gasteiger charge is 2.25. The molecule has 0 amide bonds. The monoisotopic (exact) mass is 527 g/mol. The van der Waals surface area contributed by atoms with Gasteiger partial charge in [0.1, 0.15) is 11.7 Å². The van der Waals surface area contributed by atoms with Gasteiger partial charge < -0.3 is 10.1 Å². The quantitative estimate of drug-likeness (QED) is 0.149. The minimum Gasteiger partial charge on any atom is -0.467 e. The van der Waals surface area contributed by atoms with E-state index in [4.69, 9.17) is 4.74 Å². The number of aryl methyl sites for hydroxylation is 1. The fourth-order valence-electron chi connectivity index (χ4n) is 4.20. The number of non-ortho nitro benzene ring substituents is 1. The normalized spacial score (nSPS) is 11.4. The van der Waals surface area contributed by atoms with Crippen LogP contribution in [0.1, 0.15) is 18.4 Å². The van der Waals surface area contributed by atoms with E-state index in [1.807, 2.05) is 54.6 Å². The molecule has 1 atom stereocenters. The van der Waals surface area contributed by atoms with E-state index < -0.39 is 33.2 Å². The van der Waals surface area contributed by atoms with E-state index in [-0.39, 0.29) is 5.69 Å². The highest BCUT2D eigenvalue weighted by molar-refractivity contribution is 5.81. The van der Waals surface area contributed by atoms with Crippen molar-refractivity contribution in [3.8, 4) is 22.5 Å². The van der Waals surface area contributed by atoms with E-state index in [9.17, 15) is 25.0 Å². The van der Waals surface area contributed by atoms with Gasteiger partial charge in [-0.15, -0.1) is 0 Å². The van der Waals surface area contributed by atoms with Gasteiger partial charge in [-0.1, -0.05) is 12.1 Å². The highest BCUT2D eigenvalue weighted by Crippen LogP contribution is 2.31. The fourth-order valence-corrected chi connectivity index (χ4v) is 4.20. The first-order valence-electron chi connectivity index (χ1n) is 12.1. The second-order valence-electron chi connectivity index (χ2n) is 8.68. The summed E-state index contributed by atoms with van der Waals surface area (Å²) >= 11 is 0. The number of anilines is 1. The number of hydrogen-bond acceptors (Lipinski definition) is 9. The molecule has 0 saturated heterocycles. The highest BCUT2D eigenvalue weighted by atomic mass is 16.6. The Morgan fingerprint density at radius 2 is 1.54 bits per heavy atom. The molecule has 4 aromatic rings. The molecule has 39 heavy (non-hydrogen) atoms. The Kier molecular flexibility index (Phi) is 8.52. The van der Waals surface area contributed by atoms with Gasteiger partial charge in [0.25, 0.3) is 11.4 Å². The molecule has 2 heterocycles. The number of carbonyl (C=O) groups is 1. The summed E-state index contributed by atoms with van der Waals surface area (Å²) in [6.45, 7) is 0. The largest absolute Gasteiger partial charge is 0.467 e. The van der Waals surface area contributed by atoms with Gasteiger partial charge in [0.05, 0.1) is 34.4 Å². The number of hydrogen-bond donors (Lipinski definition) is 1. The first-order chi connectivity index (χ1) is 18.9. The molecule has 0 radical (unpaired) electrons. The molecule has 11 nitrogen and oxygen atoms in total. The van der Waals surface area contributed by atoms with E-state index >= 15 is 0 Å². The lowest BCUT2D eigenvalue weighted by molar-refractivity contribution is -0.393. The summed E-state index contributed by atoms with van der Waals surface area (Å²) in [5.74, 6) is -0.598. The Morgan fingerprint density at radius 3 is 2.05 bits per heavy atom. The number of methoxy groups -OCH3 is 1. The zero-order valence-corrected chi connectivity index (χ0v) is 21.0. The van der Waals surface area contributed by atoms with Crippen LogP contribution in [0, 0.1) is 20.2 Å². The van der Waals surface area contributed by atoms with E-state index in [0.29, 0.717) is 19.3 Å². The van der Waals surface area contributed by atoms with E-state index in [1.54, 1.807) is 12.4 Å². The molecule has 0 aliphatic rings. The first kappa shape index (κ1) is 26.9. The van der Waals surface area contributed by atoms with Gasteiger partial charge in [-0.2, -0.15) is 0 Å². The number of benzene rings is 2. The number of aromatic nitrogens is 2. The molecule has 2 aromatic carbocycles. The maximum atomic E-state index is 12.5. The zero-order chi connectivity index (χ0) is 27.8. The van der Waals surface area contributed by atoms with Crippen LogP contribution in [0.2, 0.25) is 0 Å². The molecule has 0 saturated carbocycles. The van der Waals surface area contributed by atoms with E-state index in [0.717, 1.165) is 40.2 Å². The average molecular weight is 528 g/mol. The molecule has 11 heteroatoms. The molecule has 0 unspecified atom stereocenters. The summed E-state index contributed by atoms with van der Waals surface area (Å²) in [6, 6.07) is 19.8. The smallest absolute Gasteiger partial charge is 0.328 e. The van der Waals surface area contributed by atoms with Gasteiger partial charge in [0, 0.05) is 29.6 Å². The van der Waals surface area contributed by atoms with Gasteiger partial charge >= 0.3 is 5.97 Å². The molecular formula is C28H25N5O6. The van der Waals surface area contributed by atoms with Crippen molar-refractivity contribution in [2.75, 3.05) is 12.4 Å².